The molecule has 35 heavy (non-hydrogen) atoms. The van der Waals surface area contributed by atoms with E-state index in [4.69, 9.17) is 20.8 Å². The van der Waals surface area contributed by atoms with Crippen LogP contribution in [0.2, 0.25) is 0 Å². The van der Waals surface area contributed by atoms with Crippen molar-refractivity contribution in [3.8, 4) is 5.75 Å². The highest BCUT2D eigenvalue weighted by Gasteiger charge is 2.20. The van der Waals surface area contributed by atoms with Crippen molar-refractivity contribution < 1.29 is 48.1 Å². The number of benzene rings is 2. The van der Waals surface area contributed by atoms with Crippen molar-refractivity contribution in [1.82, 2.24) is 0 Å². The van der Waals surface area contributed by atoms with Gasteiger partial charge in [-0.25, -0.2) is 17.4 Å². The Bertz CT molecular complexity index is 1490. The molecule has 19 heteroatoms. The number of rotatable bonds is 10. The van der Waals surface area contributed by atoms with Crippen molar-refractivity contribution in [3.05, 3.63) is 30.3 Å². The Morgan fingerprint density at radius 3 is 2.20 bits per heavy atom. The number of carbonyl (C=O) groups excluding carboxylic acids is 1. The molecule has 0 aliphatic rings. The summed E-state index contributed by atoms with van der Waals surface area (Å²) >= 11 is 0. The number of azo groups is 1. The van der Waals surface area contributed by atoms with Gasteiger partial charge in [-0.05, 0) is 30.3 Å². The minimum atomic E-state index is -4.84. The van der Waals surface area contributed by atoms with Crippen LogP contribution in [0, 0.1) is 0 Å². The zero-order valence-electron chi connectivity index (χ0n) is 17.6. The number of methoxy groups -OCH3 is 1. The zero-order chi connectivity index (χ0) is 26.6. The largest absolute Gasteiger partial charge is 0.494 e. The second kappa shape index (κ2) is 10.5. The highest BCUT2D eigenvalue weighted by molar-refractivity contribution is 7.91. The number of nitrogens with one attached hydrogen (secondary N) is 1. The highest BCUT2D eigenvalue weighted by atomic mass is 32.3. The predicted molar refractivity (Wildman–Crippen MR) is 121 cm³/mol. The van der Waals surface area contributed by atoms with E-state index in [0.717, 1.165) is 24.3 Å². The molecule has 0 bridgehead atoms. The Morgan fingerprint density at radius 2 is 1.66 bits per heavy atom. The lowest BCUT2D eigenvalue weighted by Crippen LogP contribution is -2.19. The fourth-order valence-corrected chi connectivity index (χ4v) is 4.66. The van der Waals surface area contributed by atoms with Gasteiger partial charge in [0.15, 0.2) is 9.84 Å². The zero-order valence-corrected chi connectivity index (χ0v) is 20.1. The average Bonchev–Trinajstić information content (AvgIpc) is 2.70. The number of urea groups is 1. The quantitative estimate of drug-likeness (QED) is 0.157. The Hall–Kier alpha value is -3.36. The lowest BCUT2D eigenvalue weighted by atomic mass is 10.2. The summed E-state index contributed by atoms with van der Waals surface area (Å²) in [5, 5.41) is 9.75. The smallest absolute Gasteiger partial charge is 0.397 e. The Balaban J connectivity index is 2.53. The van der Waals surface area contributed by atoms with Crippen LogP contribution in [0.1, 0.15) is 0 Å². The van der Waals surface area contributed by atoms with Gasteiger partial charge in [0.25, 0.3) is 10.1 Å². The molecule has 0 aliphatic carbocycles. The van der Waals surface area contributed by atoms with E-state index in [9.17, 15) is 34.6 Å². The lowest BCUT2D eigenvalue weighted by molar-refractivity contribution is 0.259. The summed E-state index contributed by atoms with van der Waals surface area (Å²) in [7, 11) is -12.5. The molecular weight excluding hydrogens is 534 g/mol. The summed E-state index contributed by atoms with van der Waals surface area (Å²) in [6.45, 7) is -0.865. The summed E-state index contributed by atoms with van der Waals surface area (Å²) < 4.78 is 96.3. The van der Waals surface area contributed by atoms with E-state index in [1.807, 2.05) is 0 Å². The average molecular weight is 554 g/mol. The number of carbonyl (C=O) groups is 1. The third-order valence-electron chi connectivity index (χ3n) is 4.02. The molecular formula is C16H19N5O11S3. The molecule has 2 aromatic carbocycles. The van der Waals surface area contributed by atoms with Crippen molar-refractivity contribution in [2.24, 2.45) is 16.0 Å². The first-order chi connectivity index (χ1) is 16.0. The van der Waals surface area contributed by atoms with Gasteiger partial charge in [-0.15, -0.1) is 10.2 Å². The maximum absolute atomic E-state index is 12.5. The first kappa shape index (κ1) is 27.9. The van der Waals surface area contributed by atoms with E-state index < -0.39 is 59.3 Å². The summed E-state index contributed by atoms with van der Waals surface area (Å²) in [5.41, 5.74) is 9.53. The summed E-state index contributed by atoms with van der Waals surface area (Å²) in [5.74, 6) is -0.797. The SMILES string of the molecule is COc1ccc(S(=O)(=O)CCOS(=O)(=O)O)cc1N=Nc1cc(S(=O)(=O)O)c(N)cc1NC(N)=O. The van der Waals surface area contributed by atoms with Crippen LogP contribution in [0.3, 0.4) is 0 Å². The molecule has 0 fully saturated rings. The van der Waals surface area contributed by atoms with Gasteiger partial charge in [0.05, 0.1) is 35.7 Å². The topological polar surface area (TPSA) is 267 Å². The maximum atomic E-state index is 12.5. The minimum absolute atomic E-state index is 0.0248. The van der Waals surface area contributed by atoms with Gasteiger partial charge < -0.3 is 21.5 Å². The second-order valence-corrected chi connectivity index (χ2v) is 11.1. The number of primary amides is 1. The van der Waals surface area contributed by atoms with E-state index >= 15 is 0 Å². The van der Waals surface area contributed by atoms with Gasteiger partial charge >= 0.3 is 16.4 Å². The number of hydrogen-bond donors (Lipinski definition) is 5. The fraction of sp³-hybridized carbons (Fsp3) is 0.188. The van der Waals surface area contributed by atoms with E-state index in [2.05, 4.69) is 19.7 Å². The molecule has 2 rings (SSSR count). The van der Waals surface area contributed by atoms with E-state index in [1.165, 1.54) is 13.2 Å². The number of amides is 2. The molecule has 0 atom stereocenters. The third kappa shape index (κ3) is 7.83. The van der Waals surface area contributed by atoms with E-state index in [1.54, 1.807) is 0 Å². The minimum Gasteiger partial charge on any atom is -0.494 e. The lowest BCUT2D eigenvalue weighted by Gasteiger charge is -2.10. The molecule has 0 saturated heterocycles. The summed E-state index contributed by atoms with van der Waals surface area (Å²) in [4.78, 5) is 10.2. The molecule has 2 aromatic rings. The van der Waals surface area contributed by atoms with Crippen molar-refractivity contribution >= 4 is 59.1 Å². The normalized spacial score (nSPS) is 12.5. The van der Waals surface area contributed by atoms with Crippen LogP contribution in [0.25, 0.3) is 0 Å². The summed E-state index contributed by atoms with van der Waals surface area (Å²) in [6.07, 6.45) is 0. The van der Waals surface area contributed by atoms with Gasteiger partial charge in [-0.3, -0.25) is 9.11 Å². The van der Waals surface area contributed by atoms with Crippen molar-refractivity contribution in [1.29, 1.82) is 0 Å². The number of sulfone groups is 1. The van der Waals surface area contributed by atoms with Gasteiger partial charge in [0.2, 0.25) is 0 Å². The van der Waals surface area contributed by atoms with Gasteiger partial charge in [-0.2, -0.15) is 16.8 Å². The van der Waals surface area contributed by atoms with Gasteiger partial charge in [-0.1, -0.05) is 0 Å². The molecule has 0 spiro atoms. The molecule has 7 N–H and O–H groups in total. The molecule has 16 nitrogen and oxygen atoms in total. The number of nitrogens with zero attached hydrogens (tertiary/aromatic N) is 2. The van der Waals surface area contributed by atoms with Crippen LogP contribution in [0.15, 0.2) is 50.4 Å². The van der Waals surface area contributed by atoms with Crippen LogP contribution in [0.5, 0.6) is 5.75 Å². The molecule has 0 radical (unpaired) electrons. The standard InChI is InChI=1S/C16H19N5O11S3/c1-31-14-3-2-9(33(23,24)5-4-32-35(28,29)30)6-13(14)21-20-12-8-15(34(25,26)27)10(17)7-11(12)19-16(18)22/h2-3,6-8H,4-5,17H2,1H3,(H3,18,19,22)(H,25,26,27)(H,28,29,30). The first-order valence-electron chi connectivity index (χ1n) is 8.95. The Kier molecular flexibility index (Phi) is 8.36. The van der Waals surface area contributed by atoms with Crippen molar-refractivity contribution in [2.75, 3.05) is 30.5 Å². The van der Waals surface area contributed by atoms with Crippen LogP contribution in [-0.2, 0) is 34.5 Å². The van der Waals surface area contributed by atoms with Crippen LogP contribution in [0.4, 0.5) is 27.5 Å². The number of anilines is 2. The maximum Gasteiger partial charge on any atom is 0.397 e. The van der Waals surface area contributed by atoms with Crippen LogP contribution >= 0.6 is 0 Å². The van der Waals surface area contributed by atoms with E-state index in [0.29, 0.717) is 0 Å². The molecule has 2 amide bonds. The second-order valence-electron chi connectivity index (χ2n) is 6.47. The van der Waals surface area contributed by atoms with Gasteiger partial charge in [0, 0.05) is 0 Å². The van der Waals surface area contributed by atoms with Crippen LogP contribution in [-0.4, -0.2) is 59.9 Å². The molecule has 0 aromatic heterocycles. The fourth-order valence-electron chi connectivity index (χ4n) is 2.54. The predicted octanol–water partition coefficient (Wildman–Crippen LogP) is 1.02. The number of ether oxygens (including phenoxy) is 1. The van der Waals surface area contributed by atoms with Crippen molar-refractivity contribution in [2.45, 2.75) is 9.79 Å². The Labute approximate surface area is 199 Å². The third-order valence-corrected chi connectivity index (χ3v) is 7.07. The monoisotopic (exact) mass is 553 g/mol. The molecule has 0 unspecified atom stereocenters. The molecule has 192 valence electrons. The molecule has 0 heterocycles. The van der Waals surface area contributed by atoms with Crippen LogP contribution < -0.4 is 21.5 Å². The Morgan fingerprint density at radius 1 is 1.03 bits per heavy atom. The molecule has 0 aliphatic heterocycles. The number of hydrogen-bond acceptors (Lipinski definition) is 12. The van der Waals surface area contributed by atoms with E-state index in [-0.39, 0.29) is 27.7 Å². The van der Waals surface area contributed by atoms with Gasteiger partial charge in [0.1, 0.15) is 22.0 Å². The van der Waals surface area contributed by atoms with Crippen molar-refractivity contribution in [3.63, 3.8) is 0 Å². The molecule has 0 saturated carbocycles. The number of nitrogen functional groups attached to an aromatic ring is 1. The first-order valence-corrected chi connectivity index (χ1v) is 13.4. The summed E-state index contributed by atoms with van der Waals surface area (Å²) in [6, 6.07) is 4.03. The number of nitrogens with two attached hydrogens (primary N) is 2. The highest BCUT2D eigenvalue weighted by Crippen LogP contribution is 2.36.